The van der Waals surface area contributed by atoms with Crippen molar-refractivity contribution in [2.75, 3.05) is 13.6 Å². The summed E-state index contributed by atoms with van der Waals surface area (Å²) in [6, 6.07) is 0. The van der Waals surface area contributed by atoms with Gasteiger partial charge in [0.25, 0.3) is 0 Å². The third-order valence-electron chi connectivity index (χ3n) is 2.35. The quantitative estimate of drug-likeness (QED) is 0.597. The van der Waals surface area contributed by atoms with Crippen LogP contribution in [0, 0.1) is 5.41 Å². The second-order valence-electron chi connectivity index (χ2n) is 5.47. The molecule has 0 aliphatic heterocycles. The molecule has 17 heavy (non-hydrogen) atoms. The van der Waals surface area contributed by atoms with Crippen molar-refractivity contribution in [2.24, 2.45) is 5.41 Å². The molecule has 1 heteroatoms. The molecule has 0 amide bonds. The molecule has 0 atom stereocenters. The van der Waals surface area contributed by atoms with Crippen molar-refractivity contribution in [1.82, 2.24) is 5.32 Å². The summed E-state index contributed by atoms with van der Waals surface area (Å²) < 4.78 is 0. The lowest BCUT2D eigenvalue weighted by molar-refractivity contribution is 0.358. The molecule has 0 saturated carbocycles. The van der Waals surface area contributed by atoms with Crippen molar-refractivity contribution < 1.29 is 0 Å². The van der Waals surface area contributed by atoms with E-state index >= 15 is 0 Å². The van der Waals surface area contributed by atoms with Crippen LogP contribution in [0.4, 0.5) is 0 Å². The number of unbranched alkanes of at least 4 members (excludes halogenated alkanes) is 3. The number of rotatable bonds is 6. The largest absolute Gasteiger partial charge is 0.320 e. The molecule has 0 aliphatic rings. The van der Waals surface area contributed by atoms with Crippen molar-refractivity contribution in [3.05, 3.63) is 0 Å². The van der Waals surface area contributed by atoms with Crippen LogP contribution >= 0.6 is 0 Å². The number of hydrogen-bond donors (Lipinski definition) is 1. The average Bonchev–Trinajstić information content (AvgIpc) is 2.30. The van der Waals surface area contributed by atoms with E-state index in [9.17, 15) is 0 Å². The Labute approximate surface area is 112 Å². The van der Waals surface area contributed by atoms with Crippen molar-refractivity contribution in [3.63, 3.8) is 0 Å². The minimum atomic E-state index is 0.527. The van der Waals surface area contributed by atoms with Crippen LogP contribution in [0.3, 0.4) is 0 Å². The third kappa shape index (κ3) is 38.7. The summed E-state index contributed by atoms with van der Waals surface area (Å²) in [5, 5.41) is 3.17. The summed E-state index contributed by atoms with van der Waals surface area (Å²) in [6.07, 6.45) is 8.08. The fourth-order valence-corrected chi connectivity index (χ4v) is 1.13. The summed E-state index contributed by atoms with van der Waals surface area (Å²) in [7, 11) is 2.02. The van der Waals surface area contributed by atoms with E-state index in [2.05, 4.69) is 39.9 Å². The Morgan fingerprint density at radius 1 is 0.824 bits per heavy atom. The first-order chi connectivity index (χ1) is 7.97. The molecular formula is C16H39N. The second kappa shape index (κ2) is 18.3. The van der Waals surface area contributed by atoms with Gasteiger partial charge in [0.05, 0.1) is 0 Å². The Balaban J connectivity index is -0.000000275. The van der Waals surface area contributed by atoms with Gasteiger partial charge in [0.2, 0.25) is 0 Å². The van der Waals surface area contributed by atoms with Crippen LogP contribution in [0.1, 0.15) is 87.0 Å². The molecule has 0 aromatic rings. The van der Waals surface area contributed by atoms with Gasteiger partial charge in [-0.05, 0) is 31.8 Å². The van der Waals surface area contributed by atoms with E-state index in [0.29, 0.717) is 5.41 Å². The van der Waals surface area contributed by atoms with Crippen molar-refractivity contribution in [3.8, 4) is 0 Å². The average molecular weight is 245 g/mol. The normalized spacial score (nSPS) is 9.88. The zero-order chi connectivity index (χ0) is 14.2. The summed E-state index contributed by atoms with van der Waals surface area (Å²) in [4.78, 5) is 0. The van der Waals surface area contributed by atoms with E-state index in [-0.39, 0.29) is 0 Å². The maximum Gasteiger partial charge on any atom is -0.00519 e. The maximum absolute atomic E-state index is 3.17. The monoisotopic (exact) mass is 245 g/mol. The molecule has 1 nitrogen and oxygen atoms in total. The van der Waals surface area contributed by atoms with Gasteiger partial charge in [0, 0.05) is 0 Å². The standard InChI is InChI=1S/C10H23N.C4H10.C2H6/c1-10(2,3)8-6-5-7-9-11-4;1-3-4-2;1-2/h11H,5-9H2,1-4H3;3-4H2,1-2H3;1-2H3. The van der Waals surface area contributed by atoms with Crippen molar-refractivity contribution >= 4 is 0 Å². The van der Waals surface area contributed by atoms with Crippen LogP contribution in [-0.4, -0.2) is 13.6 Å². The van der Waals surface area contributed by atoms with Gasteiger partial charge < -0.3 is 5.32 Å². The summed E-state index contributed by atoms with van der Waals surface area (Å²) in [5.41, 5.74) is 0.527. The molecule has 0 aromatic heterocycles. The maximum atomic E-state index is 3.17. The van der Waals surface area contributed by atoms with Gasteiger partial charge in [-0.1, -0.05) is 74.1 Å². The zero-order valence-electron chi connectivity index (χ0n) is 13.9. The predicted octanol–water partition coefficient (Wildman–Crippen LogP) is 5.64. The van der Waals surface area contributed by atoms with Crippen LogP contribution in [0.15, 0.2) is 0 Å². The highest BCUT2D eigenvalue weighted by Gasteiger charge is 2.08. The highest BCUT2D eigenvalue weighted by molar-refractivity contribution is 4.60. The lowest BCUT2D eigenvalue weighted by Crippen LogP contribution is -2.08. The van der Waals surface area contributed by atoms with Gasteiger partial charge in [-0.2, -0.15) is 0 Å². The SMILES string of the molecule is CC.CCCC.CNCCCCCC(C)(C)C. The summed E-state index contributed by atoms with van der Waals surface area (Å²) in [6.45, 7) is 16.5. The first kappa shape index (κ1) is 22.2. The molecule has 0 aromatic carbocycles. The lowest BCUT2D eigenvalue weighted by Gasteiger charge is -2.17. The Hall–Kier alpha value is -0.0400. The predicted molar refractivity (Wildman–Crippen MR) is 83.8 cm³/mol. The molecule has 0 bridgehead atoms. The van der Waals surface area contributed by atoms with Gasteiger partial charge in [-0.3, -0.25) is 0 Å². The van der Waals surface area contributed by atoms with E-state index in [4.69, 9.17) is 0 Å². The Morgan fingerprint density at radius 3 is 1.59 bits per heavy atom. The molecule has 0 radical (unpaired) electrons. The van der Waals surface area contributed by atoms with Crippen LogP contribution in [-0.2, 0) is 0 Å². The number of hydrogen-bond acceptors (Lipinski definition) is 1. The molecule has 0 fully saturated rings. The second-order valence-corrected chi connectivity index (χ2v) is 5.47. The van der Waals surface area contributed by atoms with E-state index in [0.717, 1.165) is 0 Å². The Morgan fingerprint density at radius 2 is 1.29 bits per heavy atom. The third-order valence-corrected chi connectivity index (χ3v) is 2.35. The molecule has 108 valence electrons. The zero-order valence-corrected chi connectivity index (χ0v) is 13.9. The smallest absolute Gasteiger partial charge is 0.00519 e. The molecule has 0 aliphatic carbocycles. The fourth-order valence-electron chi connectivity index (χ4n) is 1.13. The lowest BCUT2D eigenvalue weighted by atomic mass is 9.89. The first-order valence-corrected chi connectivity index (χ1v) is 7.62. The van der Waals surface area contributed by atoms with Crippen LogP contribution in [0.5, 0.6) is 0 Å². The minimum Gasteiger partial charge on any atom is -0.320 e. The van der Waals surface area contributed by atoms with Gasteiger partial charge >= 0.3 is 0 Å². The van der Waals surface area contributed by atoms with E-state index in [1.807, 2.05) is 20.9 Å². The van der Waals surface area contributed by atoms with Crippen LogP contribution in [0.2, 0.25) is 0 Å². The van der Waals surface area contributed by atoms with Gasteiger partial charge in [0.1, 0.15) is 0 Å². The van der Waals surface area contributed by atoms with Gasteiger partial charge in [0.15, 0.2) is 0 Å². The first-order valence-electron chi connectivity index (χ1n) is 7.62. The molecule has 0 heterocycles. The fraction of sp³-hybridized carbons (Fsp3) is 1.00. The minimum absolute atomic E-state index is 0.527. The summed E-state index contributed by atoms with van der Waals surface area (Å²) in [5.74, 6) is 0. The number of nitrogens with one attached hydrogen (secondary N) is 1. The van der Waals surface area contributed by atoms with E-state index < -0.39 is 0 Å². The van der Waals surface area contributed by atoms with Gasteiger partial charge in [-0.15, -0.1) is 0 Å². The van der Waals surface area contributed by atoms with Crippen molar-refractivity contribution in [2.45, 2.75) is 87.0 Å². The topological polar surface area (TPSA) is 12.0 Å². The molecule has 0 saturated heterocycles. The van der Waals surface area contributed by atoms with Gasteiger partial charge in [-0.25, -0.2) is 0 Å². The van der Waals surface area contributed by atoms with E-state index in [1.54, 1.807) is 0 Å². The van der Waals surface area contributed by atoms with Crippen molar-refractivity contribution in [1.29, 1.82) is 0 Å². The van der Waals surface area contributed by atoms with Crippen LogP contribution < -0.4 is 5.32 Å². The Kier molecular flexibility index (Phi) is 23.9. The summed E-state index contributed by atoms with van der Waals surface area (Å²) >= 11 is 0. The highest BCUT2D eigenvalue weighted by atomic mass is 14.8. The highest BCUT2D eigenvalue weighted by Crippen LogP contribution is 2.21. The van der Waals surface area contributed by atoms with Crippen LogP contribution in [0.25, 0.3) is 0 Å². The Bertz CT molecular complexity index is 101. The molecular weight excluding hydrogens is 206 g/mol. The molecule has 0 unspecified atom stereocenters. The molecule has 0 rings (SSSR count). The van der Waals surface area contributed by atoms with E-state index in [1.165, 1.54) is 45.1 Å². The molecule has 0 spiro atoms. The molecule has 1 N–H and O–H groups in total.